The van der Waals surface area contributed by atoms with E-state index in [1.807, 2.05) is 25.2 Å². The van der Waals surface area contributed by atoms with Crippen molar-refractivity contribution in [3.8, 4) is 5.75 Å². The normalized spacial score (nSPS) is 9.92. The van der Waals surface area contributed by atoms with Crippen LogP contribution in [0.2, 0.25) is 0 Å². The van der Waals surface area contributed by atoms with Crippen LogP contribution in [0.4, 0.5) is 0 Å². The summed E-state index contributed by atoms with van der Waals surface area (Å²) in [7, 11) is 3.55. The van der Waals surface area contributed by atoms with E-state index < -0.39 is 0 Å². The summed E-state index contributed by atoms with van der Waals surface area (Å²) in [5, 5.41) is 0. The fourth-order valence-corrected chi connectivity index (χ4v) is 2.01. The Hall–Kier alpha value is -0.190. The van der Waals surface area contributed by atoms with Crippen LogP contribution in [0, 0.1) is 0 Å². The Morgan fingerprint density at radius 2 is 2.25 bits per heavy atom. The van der Waals surface area contributed by atoms with Crippen LogP contribution in [0.15, 0.2) is 27.6 Å². The topological polar surface area (TPSA) is 21.3 Å². The minimum Gasteiger partial charge on any atom is -0.496 e. The fourth-order valence-electron chi connectivity index (χ4n) is 0.840. The molecule has 0 aliphatic rings. The maximum absolute atomic E-state index is 5.17. The number of hydrogen-bond acceptors (Lipinski definition) is 3. The second kappa shape index (κ2) is 4.74. The molecule has 0 saturated heterocycles. The number of nitrogens with one attached hydrogen (secondary N) is 1. The molecule has 1 rings (SSSR count). The van der Waals surface area contributed by atoms with Gasteiger partial charge >= 0.3 is 0 Å². The molecule has 0 heterocycles. The molecule has 1 N–H and O–H groups in total. The fraction of sp³-hybridized carbons (Fsp3) is 0.250. The van der Waals surface area contributed by atoms with Gasteiger partial charge in [0.25, 0.3) is 0 Å². The van der Waals surface area contributed by atoms with Crippen molar-refractivity contribution in [3.05, 3.63) is 22.7 Å². The largest absolute Gasteiger partial charge is 0.496 e. The molecule has 0 aliphatic carbocycles. The highest BCUT2D eigenvalue weighted by Crippen LogP contribution is 2.29. The zero-order valence-electron chi connectivity index (χ0n) is 6.93. The summed E-state index contributed by atoms with van der Waals surface area (Å²) in [6.07, 6.45) is 0. The van der Waals surface area contributed by atoms with E-state index in [1.54, 1.807) is 7.11 Å². The van der Waals surface area contributed by atoms with Gasteiger partial charge in [0.1, 0.15) is 5.75 Å². The third-order valence-electron chi connectivity index (χ3n) is 1.34. The highest BCUT2D eigenvalue weighted by molar-refractivity contribution is 9.10. The minimum absolute atomic E-state index is 0.887. The zero-order valence-corrected chi connectivity index (χ0v) is 9.33. The highest BCUT2D eigenvalue weighted by atomic mass is 79.9. The van der Waals surface area contributed by atoms with E-state index in [2.05, 4.69) is 20.7 Å². The second-order valence-electron chi connectivity index (χ2n) is 2.10. The third-order valence-corrected chi connectivity index (χ3v) is 2.57. The molecule has 0 amide bonds. The van der Waals surface area contributed by atoms with Crippen LogP contribution in [-0.2, 0) is 0 Å². The van der Waals surface area contributed by atoms with Crippen LogP contribution in [-0.4, -0.2) is 14.2 Å². The minimum atomic E-state index is 0.887. The van der Waals surface area contributed by atoms with Crippen LogP contribution in [0.1, 0.15) is 0 Å². The maximum atomic E-state index is 5.17. The van der Waals surface area contributed by atoms with E-state index >= 15 is 0 Å². The summed E-state index contributed by atoms with van der Waals surface area (Å²) in [4.78, 5) is 1.08. The molecule has 0 aromatic heterocycles. The van der Waals surface area contributed by atoms with Gasteiger partial charge in [-0.25, -0.2) is 0 Å². The Labute approximate surface area is 85.0 Å². The van der Waals surface area contributed by atoms with Gasteiger partial charge in [0.05, 0.1) is 12.0 Å². The molecule has 0 fully saturated rings. The molecule has 1 aromatic rings. The summed E-state index contributed by atoms with van der Waals surface area (Å²) in [6, 6.07) is 5.91. The Kier molecular flexibility index (Phi) is 3.91. The predicted octanol–water partition coefficient (Wildman–Crippen LogP) is 2.68. The van der Waals surface area contributed by atoms with Crippen molar-refractivity contribution >= 4 is 27.9 Å². The van der Waals surface area contributed by atoms with Gasteiger partial charge in [-0.15, -0.1) is 0 Å². The predicted molar refractivity (Wildman–Crippen MR) is 55.6 cm³/mol. The first-order valence-electron chi connectivity index (χ1n) is 3.45. The molecule has 0 radical (unpaired) electrons. The Morgan fingerprint density at radius 1 is 1.50 bits per heavy atom. The molecule has 2 nitrogen and oxygen atoms in total. The molecule has 0 unspecified atom stereocenters. The molecule has 0 spiro atoms. The number of rotatable bonds is 3. The molecule has 66 valence electrons. The number of ether oxygens (including phenoxy) is 1. The molecule has 12 heavy (non-hydrogen) atoms. The molecule has 4 heteroatoms. The molecule has 0 bridgehead atoms. The van der Waals surface area contributed by atoms with Crippen LogP contribution in [0.5, 0.6) is 5.75 Å². The summed E-state index contributed by atoms with van der Waals surface area (Å²) in [6.45, 7) is 0. The SMILES string of the molecule is CNSc1cc(Br)ccc1OC. The standard InChI is InChI=1S/C8H10BrNOS/c1-10-12-8-5-6(9)3-4-7(8)11-2/h3-5,10H,1-2H3. The number of halogens is 1. The van der Waals surface area contributed by atoms with E-state index in [-0.39, 0.29) is 0 Å². The summed E-state index contributed by atoms with van der Waals surface area (Å²) >= 11 is 4.93. The van der Waals surface area contributed by atoms with Crippen molar-refractivity contribution in [2.75, 3.05) is 14.2 Å². The monoisotopic (exact) mass is 247 g/mol. The highest BCUT2D eigenvalue weighted by Gasteiger charge is 2.02. The van der Waals surface area contributed by atoms with Gasteiger partial charge in [-0.2, -0.15) is 0 Å². The number of hydrogen-bond donors (Lipinski definition) is 1. The third kappa shape index (κ3) is 2.40. The first-order valence-corrected chi connectivity index (χ1v) is 5.06. The van der Waals surface area contributed by atoms with Gasteiger partial charge in [0.2, 0.25) is 0 Å². The molecular formula is C8H10BrNOS. The summed E-state index contributed by atoms with van der Waals surface area (Å²) in [5.74, 6) is 0.887. The average Bonchev–Trinajstić information content (AvgIpc) is 2.05. The molecular weight excluding hydrogens is 238 g/mol. The lowest BCUT2D eigenvalue weighted by atomic mass is 10.3. The Morgan fingerprint density at radius 3 is 2.83 bits per heavy atom. The van der Waals surface area contributed by atoms with Gasteiger partial charge in [-0.05, 0) is 37.2 Å². The average molecular weight is 248 g/mol. The van der Waals surface area contributed by atoms with Crippen molar-refractivity contribution in [2.45, 2.75) is 4.90 Å². The van der Waals surface area contributed by atoms with Crippen LogP contribution < -0.4 is 9.46 Å². The zero-order chi connectivity index (χ0) is 8.97. The van der Waals surface area contributed by atoms with Gasteiger partial charge < -0.3 is 4.74 Å². The van der Waals surface area contributed by atoms with E-state index in [0.29, 0.717) is 0 Å². The quantitative estimate of drug-likeness (QED) is 0.831. The van der Waals surface area contributed by atoms with E-state index in [0.717, 1.165) is 15.1 Å². The van der Waals surface area contributed by atoms with Crippen molar-refractivity contribution in [1.82, 2.24) is 4.72 Å². The van der Waals surface area contributed by atoms with E-state index in [4.69, 9.17) is 4.74 Å². The number of benzene rings is 1. The Balaban J connectivity index is 2.95. The van der Waals surface area contributed by atoms with Gasteiger partial charge in [0, 0.05) is 4.47 Å². The smallest absolute Gasteiger partial charge is 0.133 e. The lowest BCUT2D eigenvalue weighted by Crippen LogP contribution is -1.93. The summed E-state index contributed by atoms with van der Waals surface area (Å²) < 4.78 is 9.23. The number of methoxy groups -OCH3 is 1. The first-order chi connectivity index (χ1) is 5.77. The van der Waals surface area contributed by atoms with Gasteiger partial charge in [0.15, 0.2) is 0 Å². The first kappa shape index (κ1) is 9.89. The van der Waals surface area contributed by atoms with Crippen LogP contribution >= 0.6 is 27.9 Å². The van der Waals surface area contributed by atoms with Crippen LogP contribution in [0.25, 0.3) is 0 Å². The maximum Gasteiger partial charge on any atom is 0.133 e. The van der Waals surface area contributed by atoms with Gasteiger partial charge in [-0.3, -0.25) is 4.72 Å². The molecule has 0 saturated carbocycles. The van der Waals surface area contributed by atoms with Crippen molar-refractivity contribution in [2.24, 2.45) is 0 Å². The van der Waals surface area contributed by atoms with Gasteiger partial charge in [-0.1, -0.05) is 15.9 Å². The van der Waals surface area contributed by atoms with Crippen molar-refractivity contribution < 1.29 is 4.74 Å². The summed E-state index contributed by atoms with van der Waals surface area (Å²) in [5.41, 5.74) is 0. The van der Waals surface area contributed by atoms with Crippen molar-refractivity contribution in [1.29, 1.82) is 0 Å². The van der Waals surface area contributed by atoms with E-state index in [9.17, 15) is 0 Å². The Bertz CT molecular complexity index is 267. The second-order valence-corrected chi connectivity index (χ2v) is 4.07. The lowest BCUT2D eigenvalue weighted by molar-refractivity contribution is 0.404. The molecule has 1 aromatic carbocycles. The molecule has 0 atom stereocenters. The van der Waals surface area contributed by atoms with Crippen LogP contribution in [0.3, 0.4) is 0 Å². The van der Waals surface area contributed by atoms with E-state index in [1.165, 1.54) is 11.9 Å². The van der Waals surface area contributed by atoms with Crippen molar-refractivity contribution in [3.63, 3.8) is 0 Å². The molecule has 0 aliphatic heterocycles. The lowest BCUT2D eigenvalue weighted by Gasteiger charge is -2.06.